The number of aliphatic hydroxyl groups is 1. The van der Waals surface area contributed by atoms with Gasteiger partial charge >= 0.3 is 39.5 Å². The SMILES string of the molecule is CCCCCCCCCCCCCCCCCCC(=O)O[C@H](COC(=O)CCCCCCCCC(C)C)COP(=O)(O)OC[C@@H](O)COP(=O)(O)OC[C@@H](COC(=O)CCCCCCCCC(C)C)OC(=O)CCCCCCCCC(C)C. The minimum absolute atomic E-state index is 0.101. The summed E-state index contributed by atoms with van der Waals surface area (Å²) in [6, 6.07) is 0. The van der Waals surface area contributed by atoms with E-state index in [9.17, 15) is 43.2 Å². The number of phosphoric ester groups is 2. The van der Waals surface area contributed by atoms with E-state index >= 15 is 0 Å². The molecule has 0 rings (SSSR count). The Labute approximate surface area is 505 Å². The van der Waals surface area contributed by atoms with Crippen molar-refractivity contribution in [2.75, 3.05) is 39.6 Å². The van der Waals surface area contributed by atoms with Gasteiger partial charge in [-0.25, -0.2) is 9.13 Å². The Balaban J connectivity index is 5.20. The molecule has 492 valence electrons. The predicted octanol–water partition coefficient (Wildman–Crippen LogP) is 17.5. The van der Waals surface area contributed by atoms with Crippen molar-refractivity contribution in [1.82, 2.24) is 0 Å². The second kappa shape index (κ2) is 55.4. The Bertz CT molecular complexity index is 1650. The van der Waals surface area contributed by atoms with Crippen molar-refractivity contribution in [3.8, 4) is 0 Å². The number of aliphatic hydroxyl groups excluding tert-OH is 1. The number of esters is 4. The lowest BCUT2D eigenvalue weighted by molar-refractivity contribution is -0.161. The second-order valence-electron chi connectivity index (χ2n) is 24.6. The maximum atomic E-state index is 13.0. The Morgan fingerprint density at radius 3 is 0.819 bits per heavy atom. The zero-order chi connectivity index (χ0) is 61.7. The van der Waals surface area contributed by atoms with Crippen molar-refractivity contribution in [2.45, 2.75) is 330 Å². The molecule has 5 atom stereocenters. The molecule has 0 fully saturated rings. The van der Waals surface area contributed by atoms with Crippen molar-refractivity contribution in [2.24, 2.45) is 17.8 Å². The summed E-state index contributed by atoms with van der Waals surface area (Å²) < 4.78 is 67.9. The molecule has 19 heteroatoms. The van der Waals surface area contributed by atoms with Gasteiger partial charge in [-0.1, -0.05) is 260 Å². The molecule has 0 saturated heterocycles. The van der Waals surface area contributed by atoms with Crippen LogP contribution in [0.15, 0.2) is 0 Å². The molecule has 0 bridgehead atoms. The first kappa shape index (κ1) is 81.1. The number of rotatable bonds is 62. The molecule has 0 aliphatic rings. The van der Waals surface area contributed by atoms with Crippen molar-refractivity contribution in [3.63, 3.8) is 0 Å². The van der Waals surface area contributed by atoms with E-state index in [2.05, 4.69) is 48.5 Å². The van der Waals surface area contributed by atoms with E-state index in [4.69, 9.17) is 37.0 Å². The van der Waals surface area contributed by atoms with E-state index in [1.165, 1.54) is 109 Å². The van der Waals surface area contributed by atoms with E-state index in [0.29, 0.717) is 43.4 Å². The lowest BCUT2D eigenvalue weighted by Crippen LogP contribution is -2.30. The Hall–Kier alpha value is -1.94. The lowest BCUT2D eigenvalue weighted by Gasteiger charge is -2.21. The molecular weight excluding hydrogens is 1100 g/mol. The third kappa shape index (κ3) is 58.8. The van der Waals surface area contributed by atoms with E-state index in [1.54, 1.807) is 0 Å². The number of unbranched alkanes of at least 4 members (excludes halogenated alkanes) is 30. The van der Waals surface area contributed by atoms with Gasteiger partial charge in [0.15, 0.2) is 12.2 Å². The summed E-state index contributed by atoms with van der Waals surface area (Å²) in [6.07, 6.45) is 36.7. The largest absolute Gasteiger partial charge is 0.472 e. The number of carbonyl (C=O) groups is 4. The summed E-state index contributed by atoms with van der Waals surface area (Å²) in [5, 5.41) is 10.5. The highest BCUT2D eigenvalue weighted by Gasteiger charge is 2.30. The average molecular weight is 1230 g/mol. The minimum Gasteiger partial charge on any atom is -0.462 e. The molecule has 3 N–H and O–H groups in total. The first-order valence-electron chi connectivity index (χ1n) is 33.3. The summed E-state index contributed by atoms with van der Waals surface area (Å²) in [4.78, 5) is 72.1. The van der Waals surface area contributed by atoms with E-state index in [0.717, 1.165) is 103 Å². The molecule has 0 aromatic rings. The van der Waals surface area contributed by atoms with Crippen LogP contribution in [0.5, 0.6) is 0 Å². The van der Waals surface area contributed by atoms with Crippen LogP contribution in [0.4, 0.5) is 0 Å². The molecule has 0 aliphatic heterocycles. The van der Waals surface area contributed by atoms with Crippen molar-refractivity contribution < 1.29 is 80.2 Å². The van der Waals surface area contributed by atoms with Crippen LogP contribution < -0.4 is 0 Å². The summed E-state index contributed by atoms with van der Waals surface area (Å²) >= 11 is 0. The van der Waals surface area contributed by atoms with Crippen LogP contribution in [0, 0.1) is 17.8 Å². The molecule has 0 radical (unpaired) electrons. The van der Waals surface area contributed by atoms with Gasteiger partial charge in [0, 0.05) is 25.7 Å². The highest BCUT2D eigenvalue weighted by Crippen LogP contribution is 2.45. The van der Waals surface area contributed by atoms with Gasteiger partial charge in [-0.05, 0) is 43.4 Å². The smallest absolute Gasteiger partial charge is 0.462 e. The van der Waals surface area contributed by atoms with Gasteiger partial charge in [0.05, 0.1) is 26.4 Å². The van der Waals surface area contributed by atoms with Crippen LogP contribution in [-0.2, 0) is 65.4 Å². The van der Waals surface area contributed by atoms with Crippen LogP contribution in [0.2, 0.25) is 0 Å². The maximum Gasteiger partial charge on any atom is 0.472 e. The minimum atomic E-state index is -4.94. The number of hydrogen-bond donors (Lipinski definition) is 3. The van der Waals surface area contributed by atoms with Crippen LogP contribution in [0.25, 0.3) is 0 Å². The number of phosphoric acid groups is 2. The highest BCUT2D eigenvalue weighted by atomic mass is 31.2. The van der Waals surface area contributed by atoms with Gasteiger partial charge in [0.2, 0.25) is 0 Å². The third-order valence-electron chi connectivity index (χ3n) is 14.6. The summed E-state index contributed by atoms with van der Waals surface area (Å²) in [5.41, 5.74) is 0. The molecular formula is C64H124O17P2. The van der Waals surface area contributed by atoms with Gasteiger partial charge in [0.25, 0.3) is 0 Å². The molecule has 17 nitrogen and oxygen atoms in total. The van der Waals surface area contributed by atoms with Gasteiger partial charge in [-0.15, -0.1) is 0 Å². The van der Waals surface area contributed by atoms with Gasteiger partial charge in [-0.3, -0.25) is 37.3 Å². The van der Waals surface area contributed by atoms with Crippen LogP contribution >= 0.6 is 15.6 Å². The topological polar surface area (TPSA) is 237 Å². The zero-order valence-corrected chi connectivity index (χ0v) is 55.4. The van der Waals surface area contributed by atoms with Gasteiger partial charge in [0.1, 0.15) is 19.3 Å². The first-order chi connectivity index (χ1) is 39.7. The van der Waals surface area contributed by atoms with Gasteiger partial charge in [-0.2, -0.15) is 0 Å². The fourth-order valence-corrected chi connectivity index (χ4v) is 11.1. The zero-order valence-electron chi connectivity index (χ0n) is 53.6. The summed E-state index contributed by atoms with van der Waals surface area (Å²) in [6.45, 7) is 11.5. The van der Waals surface area contributed by atoms with E-state index < -0.39 is 97.5 Å². The molecule has 0 heterocycles. The number of hydrogen-bond acceptors (Lipinski definition) is 15. The fourth-order valence-electron chi connectivity index (χ4n) is 9.48. The molecule has 0 aliphatic carbocycles. The standard InChI is InChI=1S/C64H124O17P2/c1-8-9-10-11-12-13-14-15-16-17-18-19-20-21-33-40-47-63(68)80-59(51-74-61(66)45-38-31-25-22-28-35-42-55(2)3)53-78-82(70,71)76-49-58(65)50-77-83(72,73)79-54-60(81-64(69)48-41-34-27-24-30-37-44-57(6)7)52-75-62(67)46-39-32-26-23-29-36-43-56(4)5/h55-60,65H,8-54H2,1-7H3,(H,70,71)(H,72,73)/t58-,59-,60-/m1/s1. The third-order valence-corrected chi connectivity index (χ3v) is 16.5. The van der Waals surface area contributed by atoms with Gasteiger partial charge < -0.3 is 33.8 Å². The summed E-state index contributed by atoms with van der Waals surface area (Å²) in [7, 11) is -9.89. The van der Waals surface area contributed by atoms with Crippen LogP contribution in [0.3, 0.4) is 0 Å². The van der Waals surface area contributed by atoms with Crippen molar-refractivity contribution >= 4 is 39.5 Å². The van der Waals surface area contributed by atoms with Crippen LogP contribution in [0.1, 0.15) is 312 Å². The van der Waals surface area contributed by atoms with Crippen molar-refractivity contribution in [1.29, 1.82) is 0 Å². The molecule has 83 heavy (non-hydrogen) atoms. The first-order valence-corrected chi connectivity index (χ1v) is 36.3. The normalized spacial score (nSPS) is 14.4. The second-order valence-corrected chi connectivity index (χ2v) is 27.5. The molecule has 0 spiro atoms. The highest BCUT2D eigenvalue weighted by molar-refractivity contribution is 7.47. The molecule has 0 amide bonds. The van der Waals surface area contributed by atoms with Crippen molar-refractivity contribution in [3.05, 3.63) is 0 Å². The summed E-state index contributed by atoms with van der Waals surface area (Å²) in [5.74, 6) is -0.115. The molecule has 0 aromatic heterocycles. The monoisotopic (exact) mass is 1230 g/mol. The molecule has 0 saturated carbocycles. The Morgan fingerprint density at radius 2 is 0.554 bits per heavy atom. The molecule has 2 unspecified atom stereocenters. The Kier molecular flexibility index (Phi) is 54.1. The van der Waals surface area contributed by atoms with Crippen LogP contribution in [-0.4, -0.2) is 96.7 Å². The average Bonchev–Trinajstić information content (AvgIpc) is 3.45. The number of carbonyl (C=O) groups excluding carboxylic acids is 4. The quantitative estimate of drug-likeness (QED) is 0.0222. The number of ether oxygens (including phenoxy) is 4. The lowest BCUT2D eigenvalue weighted by atomic mass is 10.0. The molecule has 0 aromatic carbocycles. The maximum absolute atomic E-state index is 13.0. The van der Waals surface area contributed by atoms with E-state index in [-0.39, 0.29) is 25.7 Å². The Morgan fingerprint density at radius 1 is 0.325 bits per heavy atom. The fraction of sp³-hybridized carbons (Fsp3) is 0.938. The van der Waals surface area contributed by atoms with E-state index in [1.807, 2.05) is 0 Å². The predicted molar refractivity (Wildman–Crippen MR) is 331 cm³/mol.